The molecule has 82 valence electrons. The highest BCUT2D eigenvalue weighted by atomic mass is 79.9. The molecule has 0 saturated carbocycles. The van der Waals surface area contributed by atoms with Crippen molar-refractivity contribution in [3.05, 3.63) is 28.2 Å². The summed E-state index contributed by atoms with van der Waals surface area (Å²) in [5, 5.41) is 9.52. The van der Waals surface area contributed by atoms with Crippen molar-refractivity contribution in [3.63, 3.8) is 0 Å². The Morgan fingerprint density at radius 1 is 1.33 bits per heavy atom. The summed E-state index contributed by atoms with van der Waals surface area (Å²) in [5.41, 5.74) is 2.21. The van der Waals surface area contributed by atoms with Crippen molar-refractivity contribution in [1.29, 1.82) is 0 Å². The van der Waals surface area contributed by atoms with E-state index in [1.54, 1.807) is 6.92 Å². The van der Waals surface area contributed by atoms with Gasteiger partial charge in [-0.15, -0.1) is 0 Å². The molecular weight excluding hydrogens is 254 g/mol. The van der Waals surface area contributed by atoms with Gasteiger partial charge in [-0.25, -0.2) is 0 Å². The first kappa shape index (κ1) is 11.0. The largest absolute Gasteiger partial charge is 0.389 e. The van der Waals surface area contributed by atoms with Crippen LogP contribution in [-0.2, 0) is 0 Å². The summed E-state index contributed by atoms with van der Waals surface area (Å²) in [6.45, 7) is 4.09. The average Bonchev–Trinajstić information content (AvgIpc) is 2.69. The molecule has 1 fully saturated rings. The molecule has 1 heterocycles. The van der Waals surface area contributed by atoms with E-state index < -0.39 is 6.10 Å². The van der Waals surface area contributed by atoms with E-state index in [0.29, 0.717) is 0 Å². The molecule has 0 radical (unpaired) electrons. The van der Waals surface area contributed by atoms with Crippen LogP contribution in [0.15, 0.2) is 22.7 Å². The minimum absolute atomic E-state index is 0.410. The Morgan fingerprint density at radius 2 is 2.00 bits per heavy atom. The quantitative estimate of drug-likeness (QED) is 0.892. The molecule has 0 aromatic heterocycles. The average molecular weight is 270 g/mol. The third kappa shape index (κ3) is 2.34. The van der Waals surface area contributed by atoms with Gasteiger partial charge in [-0.3, -0.25) is 0 Å². The van der Waals surface area contributed by atoms with Crippen LogP contribution in [0.25, 0.3) is 0 Å². The van der Waals surface area contributed by atoms with Crippen LogP contribution in [0.4, 0.5) is 5.69 Å². The summed E-state index contributed by atoms with van der Waals surface area (Å²) >= 11 is 3.51. The van der Waals surface area contributed by atoms with Crippen molar-refractivity contribution >= 4 is 21.6 Å². The molecule has 3 heteroatoms. The fourth-order valence-electron chi connectivity index (χ4n) is 2.03. The van der Waals surface area contributed by atoms with E-state index in [9.17, 15) is 5.11 Å². The van der Waals surface area contributed by atoms with Crippen molar-refractivity contribution in [2.45, 2.75) is 25.9 Å². The third-order valence-corrected chi connectivity index (χ3v) is 3.59. The van der Waals surface area contributed by atoms with Crippen LogP contribution in [0.5, 0.6) is 0 Å². The maximum Gasteiger partial charge on any atom is 0.0772 e. The number of hydrogen-bond acceptors (Lipinski definition) is 2. The van der Waals surface area contributed by atoms with Crippen LogP contribution >= 0.6 is 15.9 Å². The van der Waals surface area contributed by atoms with Crippen LogP contribution in [0.1, 0.15) is 31.4 Å². The molecule has 1 aromatic carbocycles. The molecule has 1 saturated heterocycles. The van der Waals surface area contributed by atoms with Crippen LogP contribution in [-0.4, -0.2) is 18.2 Å². The summed E-state index contributed by atoms with van der Waals surface area (Å²) in [7, 11) is 0. The SMILES string of the molecule is C[C@H](O)c1ccc(N2CCCC2)cc1Br. The zero-order valence-corrected chi connectivity index (χ0v) is 10.5. The van der Waals surface area contributed by atoms with Crippen molar-refractivity contribution < 1.29 is 5.11 Å². The lowest BCUT2D eigenvalue weighted by Gasteiger charge is -2.19. The van der Waals surface area contributed by atoms with E-state index in [-0.39, 0.29) is 0 Å². The van der Waals surface area contributed by atoms with Crippen molar-refractivity contribution in [3.8, 4) is 0 Å². The van der Waals surface area contributed by atoms with E-state index in [1.165, 1.54) is 18.5 Å². The summed E-state index contributed by atoms with van der Waals surface area (Å²) in [4.78, 5) is 2.39. The highest BCUT2D eigenvalue weighted by Crippen LogP contribution is 2.29. The maximum absolute atomic E-state index is 9.52. The van der Waals surface area contributed by atoms with Crippen LogP contribution < -0.4 is 4.90 Å². The van der Waals surface area contributed by atoms with Gasteiger partial charge in [0.15, 0.2) is 0 Å². The van der Waals surface area contributed by atoms with E-state index >= 15 is 0 Å². The van der Waals surface area contributed by atoms with Gasteiger partial charge < -0.3 is 10.0 Å². The predicted octanol–water partition coefficient (Wildman–Crippen LogP) is 3.10. The van der Waals surface area contributed by atoms with Crippen molar-refractivity contribution in [2.75, 3.05) is 18.0 Å². The molecule has 1 atom stereocenters. The summed E-state index contributed by atoms with van der Waals surface area (Å²) in [6.07, 6.45) is 2.16. The molecule has 0 amide bonds. The van der Waals surface area contributed by atoms with Gasteiger partial charge in [-0.1, -0.05) is 22.0 Å². The predicted molar refractivity (Wildman–Crippen MR) is 66.2 cm³/mol. The summed E-state index contributed by atoms with van der Waals surface area (Å²) < 4.78 is 1.00. The lowest BCUT2D eigenvalue weighted by atomic mass is 10.1. The number of hydrogen-bond donors (Lipinski definition) is 1. The first-order valence-electron chi connectivity index (χ1n) is 5.41. The van der Waals surface area contributed by atoms with Gasteiger partial charge in [0.25, 0.3) is 0 Å². The van der Waals surface area contributed by atoms with Gasteiger partial charge >= 0.3 is 0 Å². The number of aliphatic hydroxyl groups is 1. The second kappa shape index (κ2) is 4.54. The Balaban J connectivity index is 2.24. The number of nitrogens with zero attached hydrogens (tertiary/aromatic N) is 1. The number of benzene rings is 1. The lowest BCUT2D eigenvalue weighted by molar-refractivity contribution is 0.198. The lowest BCUT2D eigenvalue weighted by Crippen LogP contribution is -2.17. The minimum atomic E-state index is -0.410. The molecule has 2 rings (SSSR count). The molecule has 0 unspecified atom stereocenters. The number of anilines is 1. The molecule has 1 aromatic rings. The fraction of sp³-hybridized carbons (Fsp3) is 0.500. The molecule has 1 aliphatic heterocycles. The normalized spacial score (nSPS) is 18.2. The molecule has 2 nitrogen and oxygen atoms in total. The zero-order chi connectivity index (χ0) is 10.8. The topological polar surface area (TPSA) is 23.5 Å². The van der Waals surface area contributed by atoms with Gasteiger partial charge in [-0.05, 0) is 37.5 Å². The molecule has 1 aliphatic rings. The fourth-order valence-corrected chi connectivity index (χ4v) is 2.72. The van der Waals surface area contributed by atoms with E-state index in [4.69, 9.17) is 0 Å². The number of rotatable bonds is 2. The zero-order valence-electron chi connectivity index (χ0n) is 8.91. The van der Waals surface area contributed by atoms with Gasteiger partial charge in [0.05, 0.1) is 6.10 Å². The smallest absolute Gasteiger partial charge is 0.0772 e. The van der Waals surface area contributed by atoms with E-state index in [1.807, 2.05) is 6.07 Å². The second-order valence-corrected chi connectivity index (χ2v) is 4.93. The van der Waals surface area contributed by atoms with Crippen LogP contribution in [0.3, 0.4) is 0 Å². The molecule has 0 spiro atoms. The Bertz CT molecular complexity index is 345. The second-order valence-electron chi connectivity index (χ2n) is 4.08. The first-order chi connectivity index (χ1) is 7.18. The summed E-state index contributed by atoms with van der Waals surface area (Å²) in [6, 6.07) is 6.20. The van der Waals surface area contributed by atoms with E-state index in [0.717, 1.165) is 23.1 Å². The molecule has 0 aliphatic carbocycles. The van der Waals surface area contributed by atoms with Gasteiger partial charge in [0, 0.05) is 23.2 Å². The summed E-state index contributed by atoms with van der Waals surface area (Å²) in [5.74, 6) is 0. The van der Waals surface area contributed by atoms with Gasteiger partial charge in [0.2, 0.25) is 0 Å². The Labute approximate surface area is 99.0 Å². The van der Waals surface area contributed by atoms with E-state index in [2.05, 4.69) is 33.0 Å². The van der Waals surface area contributed by atoms with Crippen LogP contribution in [0, 0.1) is 0 Å². The molecule has 15 heavy (non-hydrogen) atoms. The van der Waals surface area contributed by atoms with Crippen molar-refractivity contribution in [1.82, 2.24) is 0 Å². The van der Waals surface area contributed by atoms with Crippen molar-refractivity contribution in [2.24, 2.45) is 0 Å². The number of aliphatic hydroxyl groups excluding tert-OH is 1. The minimum Gasteiger partial charge on any atom is -0.389 e. The Morgan fingerprint density at radius 3 is 2.53 bits per heavy atom. The van der Waals surface area contributed by atoms with Gasteiger partial charge in [-0.2, -0.15) is 0 Å². The Hall–Kier alpha value is -0.540. The molecule has 0 bridgehead atoms. The van der Waals surface area contributed by atoms with Crippen LogP contribution in [0.2, 0.25) is 0 Å². The third-order valence-electron chi connectivity index (χ3n) is 2.91. The highest BCUT2D eigenvalue weighted by Gasteiger charge is 2.14. The maximum atomic E-state index is 9.52. The monoisotopic (exact) mass is 269 g/mol. The number of halogens is 1. The first-order valence-corrected chi connectivity index (χ1v) is 6.20. The molecule has 1 N–H and O–H groups in total. The highest BCUT2D eigenvalue weighted by molar-refractivity contribution is 9.10. The molecular formula is C12H16BrNO. The standard InChI is InChI=1S/C12H16BrNO/c1-9(15)11-5-4-10(8-12(11)13)14-6-2-3-7-14/h4-5,8-9,15H,2-3,6-7H2,1H3/t9-/m0/s1. The Kier molecular flexibility index (Phi) is 3.32. The van der Waals surface area contributed by atoms with Gasteiger partial charge in [0.1, 0.15) is 0 Å².